The Morgan fingerprint density at radius 1 is 0.885 bits per heavy atom. The van der Waals surface area contributed by atoms with Crippen LogP contribution < -0.4 is 4.90 Å². The van der Waals surface area contributed by atoms with Crippen molar-refractivity contribution in [2.75, 3.05) is 11.4 Å². The molecule has 0 aliphatic heterocycles. The summed E-state index contributed by atoms with van der Waals surface area (Å²) in [5.74, 6) is -0.900. The van der Waals surface area contributed by atoms with Crippen molar-refractivity contribution in [1.29, 1.82) is 0 Å². The molecule has 132 valence electrons. The van der Waals surface area contributed by atoms with Crippen LogP contribution in [0.2, 0.25) is 0 Å². The zero-order valence-corrected chi connectivity index (χ0v) is 14.6. The average Bonchev–Trinajstić information content (AvgIpc) is 2.69. The second-order valence-corrected chi connectivity index (χ2v) is 6.19. The number of carbonyl (C=O) groups is 1. The van der Waals surface area contributed by atoms with Gasteiger partial charge in [0, 0.05) is 25.5 Å². The minimum Gasteiger partial charge on any atom is -0.478 e. The van der Waals surface area contributed by atoms with Crippen molar-refractivity contribution in [3.8, 4) is 0 Å². The van der Waals surface area contributed by atoms with Gasteiger partial charge in [-0.25, -0.2) is 4.79 Å². The number of benzene rings is 2. The molecule has 0 atom stereocenters. The van der Waals surface area contributed by atoms with Crippen molar-refractivity contribution in [1.82, 2.24) is 4.98 Å². The fourth-order valence-corrected chi connectivity index (χ4v) is 3.04. The standard InChI is InChI=1S/C22H22N2O2/c25-22(26)20-10-4-5-11-21(20)24(17-19-12-14-23-15-13-19)16-6-9-18-7-2-1-3-8-18/h1-5,7-8,10-15H,6,9,16-17H2,(H,25,26). The average molecular weight is 346 g/mol. The first kappa shape index (κ1) is 17.7. The summed E-state index contributed by atoms with van der Waals surface area (Å²) in [7, 11) is 0. The summed E-state index contributed by atoms with van der Waals surface area (Å²) in [5.41, 5.74) is 3.49. The van der Waals surface area contributed by atoms with Crippen molar-refractivity contribution in [3.05, 3.63) is 95.8 Å². The molecule has 0 bridgehead atoms. The third kappa shape index (κ3) is 4.70. The van der Waals surface area contributed by atoms with E-state index >= 15 is 0 Å². The molecular formula is C22H22N2O2. The van der Waals surface area contributed by atoms with Crippen LogP contribution >= 0.6 is 0 Å². The number of carboxylic acids is 1. The molecule has 3 aromatic rings. The summed E-state index contributed by atoms with van der Waals surface area (Å²) < 4.78 is 0. The molecule has 0 saturated carbocycles. The van der Waals surface area contributed by atoms with E-state index < -0.39 is 5.97 Å². The lowest BCUT2D eigenvalue weighted by molar-refractivity contribution is 0.0697. The smallest absolute Gasteiger partial charge is 0.337 e. The highest BCUT2D eigenvalue weighted by atomic mass is 16.4. The van der Waals surface area contributed by atoms with Gasteiger partial charge in [0.2, 0.25) is 0 Å². The van der Waals surface area contributed by atoms with Gasteiger partial charge in [-0.2, -0.15) is 0 Å². The number of hydrogen-bond acceptors (Lipinski definition) is 3. The predicted molar refractivity (Wildman–Crippen MR) is 103 cm³/mol. The number of aryl methyl sites for hydroxylation is 1. The van der Waals surface area contributed by atoms with Gasteiger partial charge in [-0.05, 0) is 48.2 Å². The molecule has 0 aliphatic rings. The molecule has 4 nitrogen and oxygen atoms in total. The maximum absolute atomic E-state index is 11.6. The molecule has 2 aromatic carbocycles. The van der Waals surface area contributed by atoms with Crippen LogP contribution in [0.25, 0.3) is 0 Å². The third-order valence-electron chi connectivity index (χ3n) is 4.33. The van der Waals surface area contributed by atoms with E-state index in [1.807, 2.05) is 42.5 Å². The number of nitrogens with zero attached hydrogens (tertiary/aromatic N) is 2. The predicted octanol–water partition coefficient (Wildman–Crippen LogP) is 4.42. The Hall–Kier alpha value is -3.14. The molecule has 0 amide bonds. The number of carboxylic acid groups (broad SMARTS) is 1. The summed E-state index contributed by atoms with van der Waals surface area (Å²) in [5, 5.41) is 9.55. The molecule has 0 fully saturated rings. The summed E-state index contributed by atoms with van der Waals surface area (Å²) in [6.45, 7) is 1.43. The Balaban J connectivity index is 1.79. The number of aromatic nitrogens is 1. The summed E-state index contributed by atoms with van der Waals surface area (Å²) >= 11 is 0. The normalized spacial score (nSPS) is 10.5. The van der Waals surface area contributed by atoms with E-state index in [-0.39, 0.29) is 0 Å². The van der Waals surface area contributed by atoms with Gasteiger partial charge in [-0.3, -0.25) is 4.98 Å². The largest absolute Gasteiger partial charge is 0.478 e. The Kier molecular flexibility index (Phi) is 5.99. The molecule has 4 heteroatoms. The number of hydrogen-bond donors (Lipinski definition) is 1. The quantitative estimate of drug-likeness (QED) is 0.656. The third-order valence-corrected chi connectivity index (χ3v) is 4.33. The van der Waals surface area contributed by atoms with E-state index in [9.17, 15) is 9.90 Å². The molecule has 0 radical (unpaired) electrons. The first-order valence-electron chi connectivity index (χ1n) is 8.74. The molecule has 1 heterocycles. The molecule has 3 rings (SSSR count). The van der Waals surface area contributed by atoms with Gasteiger partial charge in [-0.15, -0.1) is 0 Å². The number of para-hydroxylation sites is 1. The van der Waals surface area contributed by atoms with Gasteiger partial charge < -0.3 is 10.0 Å². The topological polar surface area (TPSA) is 53.4 Å². The Bertz CT molecular complexity index is 835. The van der Waals surface area contributed by atoms with E-state index in [1.165, 1.54) is 5.56 Å². The highest BCUT2D eigenvalue weighted by Crippen LogP contribution is 2.23. The maximum atomic E-state index is 11.6. The Labute approximate surface area is 153 Å². The summed E-state index contributed by atoms with van der Waals surface area (Å²) in [4.78, 5) is 17.8. The molecule has 0 aliphatic carbocycles. The van der Waals surface area contributed by atoms with Crippen LogP contribution in [0, 0.1) is 0 Å². The van der Waals surface area contributed by atoms with Gasteiger partial charge in [0.05, 0.1) is 11.3 Å². The summed E-state index contributed by atoms with van der Waals surface area (Å²) in [6.07, 6.45) is 5.44. The molecule has 26 heavy (non-hydrogen) atoms. The SMILES string of the molecule is O=C(O)c1ccccc1N(CCCc1ccccc1)Cc1ccncc1. The lowest BCUT2D eigenvalue weighted by Gasteiger charge is -2.26. The molecule has 0 unspecified atom stereocenters. The number of pyridine rings is 1. The van der Waals surface area contributed by atoms with E-state index in [4.69, 9.17) is 0 Å². The van der Waals surface area contributed by atoms with Crippen molar-refractivity contribution >= 4 is 11.7 Å². The summed E-state index contributed by atoms with van der Waals surface area (Å²) in [6, 6.07) is 21.5. The highest BCUT2D eigenvalue weighted by molar-refractivity contribution is 5.94. The van der Waals surface area contributed by atoms with Gasteiger partial charge in [0.15, 0.2) is 0 Å². The van der Waals surface area contributed by atoms with E-state index in [2.05, 4.69) is 22.0 Å². The van der Waals surface area contributed by atoms with Crippen molar-refractivity contribution in [2.45, 2.75) is 19.4 Å². The first-order chi connectivity index (χ1) is 12.7. The number of anilines is 1. The van der Waals surface area contributed by atoms with Crippen LogP contribution in [0.5, 0.6) is 0 Å². The second-order valence-electron chi connectivity index (χ2n) is 6.19. The Morgan fingerprint density at radius 2 is 1.58 bits per heavy atom. The monoisotopic (exact) mass is 346 g/mol. The minimum atomic E-state index is -0.900. The van der Waals surface area contributed by atoms with Crippen LogP contribution in [-0.2, 0) is 13.0 Å². The zero-order chi connectivity index (χ0) is 18.2. The molecular weight excluding hydrogens is 324 g/mol. The highest BCUT2D eigenvalue weighted by Gasteiger charge is 2.15. The zero-order valence-electron chi connectivity index (χ0n) is 14.6. The van der Waals surface area contributed by atoms with Gasteiger partial charge in [0.1, 0.15) is 0 Å². The fourth-order valence-electron chi connectivity index (χ4n) is 3.04. The van der Waals surface area contributed by atoms with E-state index in [0.29, 0.717) is 12.1 Å². The van der Waals surface area contributed by atoms with Crippen molar-refractivity contribution in [3.63, 3.8) is 0 Å². The fraction of sp³-hybridized carbons (Fsp3) is 0.182. The lowest BCUT2D eigenvalue weighted by atomic mass is 10.1. The number of rotatable bonds is 8. The van der Waals surface area contributed by atoms with Gasteiger partial charge in [0.25, 0.3) is 0 Å². The van der Waals surface area contributed by atoms with E-state index in [0.717, 1.165) is 30.6 Å². The van der Waals surface area contributed by atoms with Crippen LogP contribution in [0.3, 0.4) is 0 Å². The lowest BCUT2D eigenvalue weighted by Crippen LogP contribution is -2.26. The van der Waals surface area contributed by atoms with Crippen LogP contribution in [0.15, 0.2) is 79.1 Å². The van der Waals surface area contributed by atoms with Crippen molar-refractivity contribution < 1.29 is 9.90 Å². The second kappa shape index (κ2) is 8.81. The Morgan fingerprint density at radius 3 is 2.31 bits per heavy atom. The molecule has 0 saturated heterocycles. The van der Waals surface area contributed by atoms with Crippen LogP contribution in [-0.4, -0.2) is 22.6 Å². The number of aromatic carboxylic acids is 1. The first-order valence-corrected chi connectivity index (χ1v) is 8.74. The molecule has 0 spiro atoms. The van der Waals surface area contributed by atoms with Crippen molar-refractivity contribution in [2.24, 2.45) is 0 Å². The molecule has 1 N–H and O–H groups in total. The van der Waals surface area contributed by atoms with Crippen LogP contribution in [0.4, 0.5) is 5.69 Å². The van der Waals surface area contributed by atoms with E-state index in [1.54, 1.807) is 24.5 Å². The maximum Gasteiger partial charge on any atom is 0.337 e. The van der Waals surface area contributed by atoms with Gasteiger partial charge >= 0.3 is 5.97 Å². The van der Waals surface area contributed by atoms with Crippen LogP contribution in [0.1, 0.15) is 27.9 Å². The molecule has 1 aromatic heterocycles. The van der Waals surface area contributed by atoms with Gasteiger partial charge in [-0.1, -0.05) is 42.5 Å². The minimum absolute atomic E-state index is 0.335.